The molecule has 0 bridgehead atoms. The maximum atomic E-state index is 11.9. The molecule has 0 aromatic rings. The Morgan fingerprint density at radius 2 is 1.57 bits per heavy atom. The van der Waals surface area contributed by atoms with E-state index in [1.165, 1.54) is 70.6 Å². The van der Waals surface area contributed by atoms with Crippen LogP contribution in [0.1, 0.15) is 130 Å². The molecule has 228 valence electrons. The van der Waals surface area contributed by atoms with E-state index in [0.717, 1.165) is 69.0 Å². The highest BCUT2D eigenvalue weighted by Crippen LogP contribution is 2.69. The molecule has 0 aromatic carbocycles. The average molecular weight is 559 g/mol. The summed E-state index contributed by atoms with van der Waals surface area (Å²) in [6.07, 6.45) is 19.5. The Morgan fingerprint density at radius 3 is 2.25 bits per heavy atom. The van der Waals surface area contributed by atoms with Gasteiger partial charge in [0.15, 0.2) is 12.6 Å². The van der Waals surface area contributed by atoms with Crippen LogP contribution in [0, 0.1) is 46.3 Å². The number of fused-ring (bicyclic) bond motifs is 5. The van der Waals surface area contributed by atoms with Gasteiger partial charge in [-0.3, -0.25) is 0 Å². The molecule has 0 N–H and O–H groups in total. The minimum Gasteiger partial charge on any atom is -0.353 e. The predicted octanol–water partition coefficient (Wildman–Crippen LogP) is 8.08. The van der Waals surface area contributed by atoms with E-state index < -0.39 is 0 Å². The quantitative estimate of drug-likeness (QED) is 0.282. The summed E-state index contributed by atoms with van der Waals surface area (Å²) in [6, 6.07) is 0. The van der Waals surface area contributed by atoms with Crippen LogP contribution < -0.4 is 0 Å². The summed E-state index contributed by atoms with van der Waals surface area (Å²) in [5, 5.41) is 0. The molecule has 6 fully saturated rings. The largest absolute Gasteiger partial charge is 0.353 e. The third kappa shape index (κ3) is 5.60. The SMILES string of the molecule is CC(=O)CC[C@@H](C)[C@H]1CC[C@H]2[C@@H]3CCC4CC(OC5CCCCO5)CC[C@]4(C)[C@H]3CC(OC3CCCCO3)[C@]12C. The number of hydrogen-bond acceptors (Lipinski definition) is 5. The summed E-state index contributed by atoms with van der Waals surface area (Å²) in [7, 11) is 0. The molecule has 4 saturated carbocycles. The molecular weight excluding hydrogens is 500 g/mol. The van der Waals surface area contributed by atoms with Crippen molar-refractivity contribution in [2.75, 3.05) is 13.2 Å². The second kappa shape index (κ2) is 12.2. The lowest BCUT2D eigenvalue weighted by molar-refractivity contribution is -0.259. The third-order valence-electron chi connectivity index (χ3n) is 13.3. The Labute approximate surface area is 244 Å². The highest BCUT2D eigenvalue weighted by Gasteiger charge is 2.64. The van der Waals surface area contributed by atoms with Crippen molar-refractivity contribution in [1.82, 2.24) is 0 Å². The highest BCUT2D eigenvalue weighted by atomic mass is 16.7. The fourth-order valence-electron chi connectivity index (χ4n) is 11.1. The van der Waals surface area contributed by atoms with Crippen LogP contribution in [0.5, 0.6) is 0 Å². The zero-order valence-electron chi connectivity index (χ0n) is 26.0. The Hall–Kier alpha value is -0.490. The van der Waals surface area contributed by atoms with E-state index in [2.05, 4.69) is 20.8 Å². The zero-order valence-corrected chi connectivity index (χ0v) is 26.0. The van der Waals surface area contributed by atoms with Crippen LogP contribution in [0.15, 0.2) is 0 Å². The van der Waals surface area contributed by atoms with E-state index >= 15 is 0 Å². The lowest BCUT2D eigenvalue weighted by Gasteiger charge is -2.63. The monoisotopic (exact) mass is 558 g/mol. The maximum absolute atomic E-state index is 11.9. The number of ether oxygens (including phenoxy) is 4. The molecule has 2 aliphatic heterocycles. The Kier molecular flexibility index (Phi) is 9.06. The van der Waals surface area contributed by atoms with Crippen LogP contribution >= 0.6 is 0 Å². The normalized spacial score (nSPS) is 48.0. The number of ketones is 1. The van der Waals surface area contributed by atoms with Gasteiger partial charge in [0.05, 0.1) is 12.2 Å². The molecule has 6 aliphatic rings. The van der Waals surface area contributed by atoms with Crippen molar-refractivity contribution in [1.29, 1.82) is 0 Å². The van der Waals surface area contributed by atoms with Crippen LogP contribution in [0.3, 0.4) is 0 Å². The molecule has 4 aliphatic carbocycles. The summed E-state index contributed by atoms with van der Waals surface area (Å²) in [5.41, 5.74) is 0.560. The van der Waals surface area contributed by atoms with Crippen molar-refractivity contribution in [3.8, 4) is 0 Å². The molecule has 5 heteroatoms. The second-order valence-corrected chi connectivity index (χ2v) is 15.4. The predicted molar refractivity (Wildman–Crippen MR) is 157 cm³/mol. The van der Waals surface area contributed by atoms with Gasteiger partial charge in [-0.2, -0.15) is 0 Å². The first-order valence-electron chi connectivity index (χ1n) is 17.3. The van der Waals surface area contributed by atoms with Crippen LogP contribution in [0.25, 0.3) is 0 Å². The minimum atomic E-state index is -0.0339. The molecule has 40 heavy (non-hydrogen) atoms. The lowest BCUT2D eigenvalue weighted by Crippen LogP contribution is -2.60. The highest BCUT2D eigenvalue weighted by molar-refractivity contribution is 5.75. The van der Waals surface area contributed by atoms with E-state index in [1.54, 1.807) is 6.92 Å². The zero-order chi connectivity index (χ0) is 27.9. The van der Waals surface area contributed by atoms with Crippen molar-refractivity contribution in [3.63, 3.8) is 0 Å². The van der Waals surface area contributed by atoms with Crippen molar-refractivity contribution in [2.45, 2.75) is 155 Å². The van der Waals surface area contributed by atoms with E-state index in [-0.39, 0.29) is 24.1 Å². The van der Waals surface area contributed by atoms with Gasteiger partial charge < -0.3 is 23.7 Å². The average Bonchev–Trinajstić information content (AvgIpc) is 3.32. The van der Waals surface area contributed by atoms with Crippen molar-refractivity contribution < 1.29 is 23.7 Å². The van der Waals surface area contributed by atoms with Gasteiger partial charge >= 0.3 is 0 Å². The molecule has 0 amide bonds. The van der Waals surface area contributed by atoms with Crippen LogP contribution in [0.2, 0.25) is 0 Å². The molecule has 2 saturated heterocycles. The first kappa shape index (κ1) is 29.6. The lowest BCUT2D eigenvalue weighted by atomic mass is 9.43. The fourth-order valence-corrected chi connectivity index (χ4v) is 11.1. The summed E-state index contributed by atoms with van der Waals surface area (Å²) < 4.78 is 25.9. The van der Waals surface area contributed by atoms with Gasteiger partial charge in [-0.15, -0.1) is 0 Å². The van der Waals surface area contributed by atoms with Gasteiger partial charge in [0.25, 0.3) is 0 Å². The van der Waals surface area contributed by atoms with Gasteiger partial charge in [0, 0.05) is 25.0 Å². The standard InChI is InChI=1S/C35H58O5/c1-23(11-12-24(2)36)28-15-16-29-27-14-13-25-21-26(39-32-9-5-7-19-37-32)17-18-34(25,3)30(27)22-31(35(28,29)4)40-33-10-6-8-20-38-33/h23,25-33H,5-22H2,1-4H3/t23-,25?,26?,27+,28-,29+,30+,31?,32?,33?,34+,35-/m1/s1. The van der Waals surface area contributed by atoms with Gasteiger partial charge in [0.1, 0.15) is 5.78 Å². The molecule has 0 spiro atoms. The number of Topliss-reactive ketones (excluding diaryl/α,β-unsaturated/α-hetero) is 1. The summed E-state index contributed by atoms with van der Waals surface area (Å²) in [6.45, 7) is 11.1. The van der Waals surface area contributed by atoms with E-state index in [0.29, 0.717) is 29.1 Å². The van der Waals surface area contributed by atoms with Crippen LogP contribution in [0.4, 0.5) is 0 Å². The van der Waals surface area contributed by atoms with Crippen LogP contribution in [-0.4, -0.2) is 43.8 Å². The van der Waals surface area contributed by atoms with Crippen molar-refractivity contribution in [2.24, 2.45) is 46.3 Å². The number of carbonyl (C=O) groups excluding carboxylic acids is 1. The van der Waals surface area contributed by atoms with Crippen molar-refractivity contribution in [3.05, 3.63) is 0 Å². The van der Waals surface area contributed by atoms with Crippen molar-refractivity contribution >= 4 is 5.78 Å². The molecule has 0 aromatic heterocycles. The smallest absolute Gasteiger partial charge is 0.157 e. The molecule has 6 rings (SSSR count). The first-order chi connectivity index (χ1) is 19.3. The fraction of sp³-hybridized carbons (Fsp3) is 0.971. The molecular formula is C35H58O5. The minimum absolute atomic E-state index is 0.0310. The van der Waals surface area contributed by atoms with Gasteiger partial charge in [-0.25, -0.2) is 0 Å². The molecule has 12 atom stereocenters. The molecule has 5 unspecified atom stereocenters. The molecule has 0 radical (unpaired) electrons. The Morgan fingerprint density at radius 1 is 0.850 bits per heavy atom. The van der Waals surface area contributed by atoms with E-state index in [4.69, 9.17) is 18.9 Å². The van der Waals surface area contributed by atoms with Gasteiger partial charge in [0.2, 0.25) is 0 Å². The molecule has 2 heterocycles. The number of carbonyl (C=O) groups is 1. The maximum Gasteiger partial charge on any atom is 0.157 e. The number of rotatable bonds is 8. The third-order valence-corrected chi connectivity index (χ3v) is 13.3. The first-order valence-corrected chi connectivity index (χ1v) is 17.3. The number of hydrogen-bond donors (Lipinski definition) is 0. The van der Waals surface area contributed by atoms with Gasteiger partial charge in [-0.05, 0) is 144 Å². The Balaban J connectivity index is 1.22. The topological polar surface area (TPSA) is 54.0 Å². The summed E-state index contributed by atoms with van der Waals surface area (Å²) in [5.74, 6) is 4.55. The van der Waals surface area contributed by atoms with E-state index in [1.807, 2.05) is 0 Å². The Bertz CT molecular complexity index is 864. The molecule has 5 nitrogen and oxygen atoms in total. The van der Waals surface area contributed by atoms with E-state index in [9.17, 15) is 4.79 Å². The summed E-state index contributed by atoms with van der Waals surface area (Å²) in [4.78, 5) is 11.9. The van der Waals surface area contributed by atoms with Gasteiger partial charge in [-0.1, -0.05) is 20.8 Å². The summed E-state index contributed by atoms with van der Waals surface area (Å²) >= 11 is 0. The van der Waals surface area contributed by atoms with Crippen LogP contribution in [-0.2, 0) is 23.7 Å². The second-order valence-electron chi connectivity index (χ2n) is 15.4.